The van der Waals surface area contributed by atoms with Gasteiger partial charge in [0.15, 0.2) is 0 Å². The van der Waals surface area contributed by atoms with Crippen molar-refractivity contribution in [3.05, 3.63) is 47.8 Å². The number of aryl methyl sites for hydroxylation is 1. The maximum absolute atomic E-state index is 12.0. The molecule has 3 heterocycles. The SMILES string of the molecule is Cc1ccccc1-n1cc(CN2CCC[C@@H](N3CCCC3=O)C2)cn1. The number of rotatable bonds is 4. The largest absolute Gasteiger partial charge is 0.338 e. The summed E-state index contributed by atoms with van der Waals surface area (Å²) in [5.41, 5.74) is 3.59. The summed E-state index contributed by atoms with van der Waals surface area (Å²) in [4.78, 5) is 16.6. The molecule has 0 N–H and O–H groups in total. The second-order valence-electron chi connectivity index (χ2n) is 7.30. The summed E-state index contributed by atoms with van der Waals surface area (Å²) in [6.07, 6.45) is 8.17. The number of hydrogen-bond donors (Lipinski definition) is 0. The second kappa shape index (κ2) is 7.00. The predicted octanol–water partition coefficient (Wildman–Crippen LogP) is 2.77. The number of carbonyl (C=O) groups excluding carboxylic acids is 1. The van der Waals surface area contributed by atoms with Crippen molar-refractivity contribution < 1.29 is 4.79 Å². The van der Waals surface area contributed by atoms with Crippen LogP contribution in [0.15, 0.2) is 36.7 Å². The molecule has 2 aromatic rings. The molecule has 0 radical (unpaired) electrons. The molecule has 4 rings (SSSR count). The fourth-order valence-electron chi connectivity index (χ4n) is 4.14. The molecule has 5 nitrogen and oxygen atoms in total. The van der Waals surface area contributed by atoms with Crippen molar-refractivity contribution in [1.29, 1.82) is 0 Å². The molecule has 5 heteroatoms. The van der Waals surface area contributed by atoms with E-state index in [9.17, 15) is 4.79 Å². The van der Waals surface area contributed by atoms with E-state index in [-0.39, 0.29) is 0 Å². The monoisotopic (exact) mass is 338 g/mol. The van der Waals surface area contributed by atoms with Crippen LogP contribution in [0.5, 0.6) is 0 Å². The highest BCUT2D eigenvalue weighted by Gasteiger charge is 2.31. The molecule has 1 aromatic carbocycles. The Morgan fingerprint density at radius 2 is 2.08 bits per heavy atom. The van der Waals surface area contributed by atoms with Crippen LogP contribution in [0.1, 0.15) is 36.8 Å². The van der Waals surface area contributed by atoms with Gasteiger partial charge in [-0.1, -0.05) is 18.2 Å². The molecule has 0 unspecified atom stereocenters. The first-order valence-electron chi connectivity index (χ1n) is 9.32. The minimum Gasteiger partial charge on any atom is -0.338 e. The van der Waals surface area contributed by atoms with Gasteiger partial charge in [-0.25, -0.2) is 4.68 Å². The Balaban J connectivity index is 1.42. The summed E-state index contributed by atoms with van der Waals surface area (Å²) in [5, 5.41) is 4.55. The number of benzene rings is 1. The van der Waals surface area contributed by atoms with Gasteiger partial charge in [0.05, 0.1) is 11.9 Å². The van der Waals surface area contributed by atoms with E-state index in [0.29, 0.717) is 11.9 Å². The van der Waals surface area contributed by atoms with Gasteiger partial charge in [-0.15, -0.1) is 0 Å². The lowest BCUT2D eigenvalue weighted by Gasteiger charge is -2.37. The number of amides is 1. The van der Waals surface area contributed by atoms with Crippen LogP contribution in [0.4, 0.5) is 0 Å². The standard InChI is InChI=1S/C20H26N4O/c1-16-6-2-3-8-19(16)24-14-17(12-21-24)13-22-10-4-7-18(15-22)23-11-5-9-20(23)25/h2-3,6,8,12,14,18H,4-5,7,9-11,13,15H2,1H3/t18-/m1/s1. The Labute approximate surface area is 149 Å². The van der Waals surface area contributed by atoms with E-state index in [1.165, 1.54) is 17.5 Å². The van der Waals surface area contributed by atoms with Crippen molar-refractivity contribution in [1.82, 2.24) is 19.6 Å². The number of piperidine rings is 1. The van der Waals surface area contributed by atoms with Gasteiger partial charge in [-0.05, 0) is 44.4 Å². The molecule has 132 valence electrons. The Morgan fingerprint density at radius 3 is 2.88 bits per heavy atom. The first-order valence-corrected chi connectivity index (χ1v) is 9.32. The lowest BCUT2D eigenvalue weighted by atomic mass is 10.0. The quantitative estimate of drug-likeness (QED) is 0.861. The number of aromatic nitrogens is 2. The molecular weight excluding hydrogens is 312 g/mol. The van der Waals surface area contributed by atoms with Gasteiger partial charge in [-0.2, -0.15) is 5.10 Å². The summed E-state index contributed by atoms with van der Waals surface area (Å²) in [7, 11) is 0. The molecule has 0 spiro atoms. The van der Waals surface area contributed by atoms with Crippen molar-refractivity contribution in [2.24, 2.45) is 0 Å². The average Bonchev–Trinajstić information content (AvgIpc) is 3.25. The Bertz CT molecular complexity index is 754. The van der Waals surface area contributed by atoms with Gasteiger partial charge in [0, 0.05) is 43.9 Å². The van der Waals surface area contributed by atoms with Gasteiger partial charge in [0.2, 0.25) is 5.91 Å². The molecule has 2 saturated heterocycles. The summed E-state index contributed by atoms with van der Waals surface area (Å²) in [6.45, 7) is 6.06. The molecule has 2 aliphatic heterocycles. The molecule has 1 amide bonds. The zero-order valence-corrected chi connectivity index (χ0v) is 14.9. The van der Waals surface area contributed by atoms with Crippen LogP contribution >= 0.6 is 0 Å². The van der Waals surface area contributed by atoms with Crippen LogP contribution in [0, 0.1) is 6.92 Å². The number of hydrogen-bond acceptors (Lipinski definition) is 3. The minimum atomic E-state index is 0.347. The lowest BCUT2D eigenvalue weighted by Crippen LogP contribution is -2.48. The molecule has 2 fully saturated rings. The van der Waals surface area contributed by atoms with Crippen LogP contribution in [0.3, 0.4) is 0 Å². The van der Waals surface area contributed by atoms with Crippen molar-refractivity contribution in [2.75, 3.05) is 19.6 Å². The van der Waals surface area contributed by atoms with E-state index >= 15 is 0 Å². The third-order valence-corrected chi connectivity index (χ3v) is 5.44. The van der Waals surface area contributed by atoms with E-state index in [1.807, 2.05) is 16.9 Å². The number of para-hydroxylation sites is 1. The smallest absolute Gasteiger partial charge is 0.222 e. The zero-order chi connectivity index (χ0) is 17.2. The molecule has 25 heavy (non-hydrogen) atoms. The normalized spacial score (nSPS) is 21.9. The molecule has 2 aliphatic rings. The van der Waals surface area contributed by atoms with E-state index in [2.05, 4.69) is 46.2 Å². The van der Waals surface area contributed by atoms with E-state index < -0.39 is 0 Å². The molecule has 0 bridgehead atoms. The van der Waals surface area contributed by atoms with Crippen LogP contribution < -0.4 is 0 Å². The van der Waals surface area contributed by atoms with Crippen LogP contribution in [0.2, 0.25) is 0 Å². The number of carbonyl (C=O) groups is 1. The Morgan fingerprint density at radius 1 is 1.20 bits per heavy atom. The van der Waals surface area contributed by atoms with Crippen molar-refractivity contribution in [2.45, 2.75) is 45.2 Å². The maximum Gasteiger partial charge on any atom is 0.222 e. The maximum atomic E-state index is 12.0. The fourth-order valence-corrected chi connectivity index (χ4v) is 4.14. The molecule has 0 aliphatic carbocycles. The van der Waals surface area contributed by atoms with Gasteiger partial charge < -0.3 is 4.90 Å². The molecule has 1 aromatic heterocycles. The van der Waals surface area contributed by atoms with Gasteiger partial charge in [-0.3, -0.25) is 9.69 Å². The molecule has 1 atom stereocenters. The highest BCUT2D eigenvalue weighted by atomic mass is 16.2. The predicted molar refractivity (Wildman–Crippen MR) is 97.5 cm³/mol. The number of likely N-dealkylation sites (tertiary alicyclic amines) is 2. The van der Waals surface area contributed by atoms with Crippen LogP contribution in [-0.2, 0) is 11.3 Å². The minimum absolute atomic E-state index is 0.347. The van der Waals surface area contributed by atoms with Crippen molar-refractivity contribution in [3.63, 3.8) is 0 Å². The van der Waals surface area contributed by atoms with Crippen LogP contribution in [0.25, 0.3) is 5.69 Å². The highest BCUT2D eigenvalue weighted by Crippen LogP contribution is 2.23. The molecular formula is C20H26N4O. The van der Waals surface area contributed by atoms with E-state index in [4.69, 9.17) is 0 Å². The third kappa shape index (κ3) is 3.47. The first kappa shape index (κ1) is 16.3. The van der Waals surface area contributed by atoms with Crippen molar-refractivity contribution >= 4 is 5.91 Å². The number of nitrogens with zero attached hydrogens (tertiary/aromatic N) is 4. The van der Waals surface area contributed by atoms with E-state index in [1.54, 1.807) is 0 Å². The summed E-state index contributed by atoms with van der Waals surface area (Å²) in [6, 6.07) is 8.71. The van der Waals surface area contributed by atoms with Gasteiger partial charge in [0.1, 0.15) is 0 Å². The highest BCUT2D eigenvalue weighted by molar-refractivity contribution is 5.78. The Kier molecular flexibility index (Phi) is 4.57. The second-order valence-corrected chi connectivity index (χ2v) is 7.30. The van der Waals surface area contributed by atoms with Gasteiger partial charge in [0.25, 0.3) is 0 Å². The third-order valence-electron chi connectivity index (χ3n) is 5.44. The Hall–Kier alpha value is -2.14. The molecule has 0 saturated carbocycles. The summed E-state index contributed by atoms with van der Waals surface area (Å²) < 4.78 is 1.97. The first-order chi connectivity index (χ1) is 12.2. The van der Waals surface area contributed by atoms with Gasteiger partial charge >= 0.3 is 0 Å². The van der Waals surface area contributed by atoms with E-state index in [0.717, 1.165) is 51.1 Å². The summed E-state index contributed by atoms with van der Waals surface area (Å²) in [5.74, 6) is 0.347. The summed E-state index contributed by atoms with van der Waals surface area (Å²) >= 11 is 0. The fraction of sp³-hybridized carbons (Fsp3) is 0.500. The van der Waals surface area contributed by atoms with Crippen molar-refractivity contribution in [3.8, 4) is 5.69 Å². The zero-order valence-electron chi connectivity index (χ0n) is 14.9. The topological polar surface area (TPSA) is 41.4 Å². The average molecular weight is 338 g/mol. The van der Waals surface area contributed by atoms with Crippen LogP contribution in [-0.4, -0.2) is 51.2 Å². The lowest BCUT2D eigenvalue weighted by molar-refractivity contribution is -0.130.